The summed E-state index contributed by atoms with van der Waals surface area (Å²) < 4.78 is 13.1. The lowest BCUT2D eigenvalue weighted by Gasteiger charge is -2.27. The van der Waals surface area contributed by atoms with Gasteiger partial charge in [0.2, 0.25) is 5.91 Å². The number of benzene rings is 1. The van der Waals surface area contributed by atoms with Gasteiger partial charge in [-0.1, -0.05) is 0 Å². The molecule has 0 aliphatic heterocycles. The Labute approximate surface area is 122 Å². The van der Waals surface area contributed by atoms with E-state index in [1.54, 1.807) is 6.92 Å². The molecule has 2 fully saturated rings. The molecule has 0 saturated heterocycles. The number of aryl methyl sites for hydroxylation is 1. The SMILES string of the molecule is Cc1cc(F)ccc1NC(=O)[C@H]1[C@H]2CC[C@@H](C2)[C@H]1C(=O)O. The lowest BCUT2D eigenvalue weighted by atomic mass is 9.78. The normalized spacial score (nSPS) is 30.4. The number of halogens is 1. The molecule has 1 aromatic rings. The fourth-order valence-electron chi connectivity index (χ4n) is 4.01. The third kappa shape index (κ3) is 2.41. The zero-order valence-electron chi connectivity index (χ0n) is 11.8. The molecule has 0 spiro atoms. The molecule has 0 unspecified atom stereocenters. The molecular weight excluding hydrogens is 273 g/mol. The van der Waals surface area contributed by atoms with E-state index in [9.17, 15) is 19.1 Å². The first-order chi connectivity index (χ1) is 9.97. The van der Waals surface area contributed by atoms with Gasteiger partial charge in [0.1, 0.15) is 5.82 Å². The Kier molecular flexibility index (Phi) is 3.43. The Bertz CT molecular complexity index is 601. The largest absolute Gasteiger partial charge is 0.481 e. The van der Waals surface area contributed by atoms with Crippen molar-refractivity contribution in [2.24, 2.45) is 23.7 Å². The van der Waals surface area contributed by atoms with Crippen molar-refractivity contribution in [3.63, 3.8) is 0 Å². The van der Waals surface area contributed by atoms with Gasteiger partial charge in [0.15, 0.2) is 0 Å². The highest BCUT2D eigenvalue weighted by molar-refractivity contribution is 5.96. The van der Waals surface area contributed by atoms with Crippen LogP contribution in [-0.4, -0.2) is 17.0 Å². The quantitative estimate of drug-likeness (QED) is 0.900. The predicted octanol–water partition coefficient (Wildman–Crippen LogP) is 2.82. The second-order valence-electron chi connectivity index (χ2n) is 6.17. The average Bonchev–Trinajstić information content (AvgIpc) is 3.02. The zero-order valence-corrected chi connectivity index (χ0v) is 11.8. The number of hydrogen-bond acceptors (Lipinski definition) is 2. The van der Waals surface area contributed by atoms with Crippen molar-refractivity contribution < 1.29 is 19.1 Å². The number of anilines is 1. The number of rotatable bonds is 3. The summed E-state index contributed by atoms with van der Waals surface area (Å²) in [5, 5.41) is 12.2. The third-order valence-corrected chi connectivity index (χ3v) is 4.95. The summed E-state index contributed by atoms with van der Waals surface area (Å²) in [6.07, 6.45) is 2.66. The van der Waals surface area contributed by atoms with Crippen LogP contribution in [0.15, 0.2) is 18.2 Å². The van der Waals surface area contributed by atoms with Gasteiger partial charge < -0.3 is 10.4 Å². The Balaban J connectivity index is 1.80. The van der Waals surface area contributed by atoms with Crippen LogP contribution in [0.3, 0.4) is 0 Å². The van der Waals surface area contributed by atoms with Crippen LogP contribution in [0.5, 0.6) is 0 Å². The average molecular weight is 291 g/mol. The topological polar surface area (TPSA) is 66.4 Å². The van der Waals surface area contributed by atoms with E-state index in [4.69, 9.17) is 0 Å². The molecule has 2 bridgehead atoms. The van der Waals surface area contributed by atoms with Crippen molar-refractivity contribution in [1.29, 1.82) is 0 Å². The van der Waals surface area contributed by atoms with Gasteiger partial charge in [-0.05, 0) is 61.8 Å². The number of carbonyl (C=O) groups excluding carboxylic acids is 1. The van der Waals surface area contributed by atoms with Crippen LogP contribution in [0.1, 0.15) is 24.8 Å². The molecule has 4 atom stereocenters. The molecule has 5 heteroatoms. The molecule has 0 aromatic heterocycles. The van der Waals surface area contributed by atoms with Crippen LogP contribution in [0, 0.1) is 36.4 Å². The van der Waals surface area contributed by atoms with E-state index >= 15 is 0 Å². The molecule has 4 nitrogen and oxygen atoms in total. The molecule has 2 aliphatic carbocycles. The van der Waals surface area contributed by atoms with Crippen LogP contribution < -0.4 is 5.32 Å². The highest BCUT2D eigenvalue weighted by Gasteiger charge is 2.53. The number of nitrogens with one attached hydrogen (secondary N) is 1. The molecule has 0 heterocycles. The minimum absolute atomic E-state index is 0.123. The molecule has 112 valence electrons. The highest BCUT2D eigenvalue weighted by Crippen LogP contribution is 2.52. The molecule has 0 radical (unpaired) electrons. The number of carboxylic acid groups (broad SMARTS) is 1. The van der Waals surface area contributed by atoms with Crippen LogP contribution >= 0.6 is 0 Å². The van der Waals surface area contributed by atoms with E-state index in [2.05, 4.69) is 5.32 Å². The number of fused-ring (bicyclic) bond motifs is 2. The standard InChI is InChI=1S/C16H18FNO3/c1-8-6-11(17)4-5-12(8)18-15(19)13-9-2-3-10(7-9)14(13)16(20)21/h4-6,9-10,13-14H,2-3,7H2,1H3,(H,18,19)(H,20,21)/t9-,10-,13-,14+/m0/s1. The Morgan fingerprint density at radius 3 is 2.52 bits per heavy atom. The Morgan fingerprint density at radius 1 is 1.24 bits per heavy atom. The maximum absolute atomic E-state index is 13.1. The molecule has 3 rings (SSSR count). The second-order valence-corrected chi connectivity index (χ2v) is 6.17. The van der Waals surface area contributed by atoms with Gasteiger partial charge in [0.25, 0.3) is 0 Å². The van der Waals surface area contributed by atoms with Gasteiger partial charge in [-0.2, -0.15) is 0 Å². The van der Waals surface area contributed by atoms with Gasteiger partial charge in [-0.25, -0.2) is 4.39 Å². The molecule has 1 amide bonds. The van der Waals surface area contributed by atoms with E-state index in [-0.39, 0.29) is 23.6 Å². The summed E-state index contributed by atoms with van der Waals surface area (Å²) in [5.41, 5.74) is 1.19. The summed E-state index contributed by atoms with van der Waals surface area (Å²) in [5.74, 6) is -2.24. The number of hydrogen-bond donors (Lipinski definition) is 2. The number of carboxylic acids is 1. The van der Waals surface area contributed by atoms with Crippen LogP contribution in [-0.2, 0) is 9.59 Å². The minimum atomic E-state index is -0.877. The van der Waals surface area contributed by atoms with Crippen LogP contribution in [0.25, 0.3) is 0 Å². The summed E-state index contributed by atoms with van der Waals surface area (Å²) >= 11 is 0. The predicted molar refractivity (Wildman–Crippen MR) is 75.2 cm³/mol. The van der Waals surface area contributed by atoms with Crippen molar-refractivity contribution >= 4 is 17.6 Å². The van der Waals surface area contributed by atoms with Crippen molar-refractivity contribution in [3.8, 4) is 0 Å². The van der Waals surface area contributed by atoms with Gasteiger partial charge in [0, 0.05) is 5.69 Å². The van der Waals surface area contributed by atoms with E-state index in [0.29, 0.717) is 11.3 Å². The molecule has 1 aromatic carbocycles. The highest BCUT2D eigenvalue weighted by atomic mass is 19.1. The van der Waals surface area contributed by atoms with Crippen molar-refractivity contribution in [2.75, 3.05) is 5.32 Å². The fraction of sp³-hybridized carbons (Fsp3) is 0.500. The summed E-state index contributed by atoms with van der Waals surface area (Å²) in [4.78, 5) is 23.9. The number of carbonyl (C=O) groups is 2. The van der Waals surface area contributed by atoms with Crippen molar-refractivity contribution in [1.82, 2.24) is 0 Å². The summed E-state index contributed by atoms with van der Waals surface area (Å²) in [6.45, 7) is 1.72. The maximum Gasteiger partial charge on any atom is 0.307 e. The molecule has 2 aliphatic rings. The zero-order chi connectivity index (χ0) is 15.1. The number of amides is 1. The van der Waals surface area contributed by atoms with Crippen molar-refractivity contribution in [2.45, 2.75) is 26.2 Å². The van der Waals surface area contributed by atoms with E-state index in [0.717, 1.165) is 19.3 Å². The molecular formula is C16H18FNO3. The van der Waals surface area contributed by atoms with E-state index < -0.39 is 17.8 Å². The first-order valence-electron chi connectivity index (χ1n) is 7.27. The fourth-order valence-corrected chi connectivity index (χ4v) is 4.01. The van der Waals surface area contributed by atoms with Gasteiger partial charge in [-0.3, -0.25) is 9.59 Å². The number of aliphatic carboxylic acids is 1. The Morgan fingerprint density at radius 2 is 1.90 bits per heavy atom. The smallest absolute Gasteiger partial charge is 0.307 e. The Hall–Kier alpha value is -1.91. The van der Waals surface area contributed by atoms with Gasteiger partial charge in [0.05, 0.1) is 11.8 Å². The van der Waals surface area contributed by atoms with E-state index in [1.165, 1.54) is 18.2 Å². The monoisotopic (exact) mass is 291 g/mol. The van der Waals surface area contributed by atoms with Crippen molar-refractivity contribution in [3.05, 3.63) is 29.6 Å². The molecule has 21 heavy (non-hydrogen) atoms. The van der Waals surface area contributed by atoms with Gasteiger partial charge in [-0.15, -0.1) is 0 Å². The summed E-state index contributed by atoms with van der Waals surface area (Å²) in [6, 6.07) is 4.16. The first-order valence-corrected chi connectivity index (χ1v) is 7.27. The lowest BCUT2D eigenvalue weighted by Crippen LogP contribution is -2.38. The van der Waals surface area contributed by atoms with Crippen LogP contribution in [0.4, 0.5) is 10.1 Å². The molecule has 2 N–H and O–H groups in total. The maximum atomic E-state index is 13.1. The third-order valence-electron chi connectivity index (χ3n) is 4.95. The summed E-state index contributed by atoms with van der Waals surface area (Å²) in [7, 11) is 0. The minimum Gasteiger partial charge on any atom is -0.481 e. The van der Waals surface area contributed by atoms with Gasteiger partial charge >= 0.3 is 5.97 Å². The second kappa shape index (κ2) is 5.13. The lowest BCUT2D eigenvalue weighted by molar-refractivity contribution is -0.148. The van der Waals surface area contributed by atoms with Crippen LogP contribution in [0.2, 0.25) is 0 Å². The first kappa shape index (κ1) is 14.0. The van der Waals surface area contributed by atoms with E-state index in [1.807, 2.05) is 0 Å². The molecule has 2 saturated carbocycles.